The number of sulfonamides is 1. The lowest BCUT2D eigenvalue weighted by atomic mass is 10.1. The Morgan fingerprint density at radius 1 is 0.951 bits per heavy atom. The maximum Gasteiger partial charge on any atom is 0.261 e. The first kappa shape index (κ1) is 28.6. The first-order valence-corrected chi connectivity index (χ1v) is 15.4. The number of benzene rings is 4. The van der Waals surface area contributed by atoms with Crippen LogP contribution in [0.25, 0.3) is 10.6 Å². The number of halogens is 2. The maximum atomic E-state index is 13.4. The molecule has 4 aromatic carbocycles. The summed E-state index contributed by atoms with van der Waals surface area (Å²) in [4.78, 5) is 19.5. The molecule has 0 saturated carbocycles. The number of para-hydroxylation sites is 1. The number of hydrogen-bond donors (Lipinski definition) is 1. The second kappa shape index (κ2) is 12.3. The predicted molar refractivity (Wildman–Crippen MR) is 164 cm³/mol. The Morgan fingerprint density at radius 3 is 2.39 bits per heavy atom. The van der Waals surface area contributed by atoms with Crippen LogP contribution in [0.3, 0.4) is 0 Å². The molecule has 1 amide bonds. The monoisotopic (exact) mass is 623 g/mol. The lowest BCUT2D eigenvalue weighted by Crippen LogP contribution is -2.27. The van der Waals surface area contributed by atoms with E-state index in [0.717, 1.165) is 10.6 Å². The van der Waals surface area contributed by atoms with Crippen molar-refractivity contribution in [1.29, 1.82) is 0 Å². The summed E-state index contributed by atoms with van der Waals surface area (Å²) in [6.07, 6.45) is 0. The molecule has 0 fully saturated rings. The molecule has 7 nitrogen and oxygen atoms in total. The Kier molecular flexibility index (Phi) is 8.60. The van der Waals surface area contributed by atoms with E-state index in [9.17, 15) is 13.2 Å². The number of thiazole rings is 1. The number of anilines is 1. The number of carbonyl (C=O) groups is 1. The first-order valence-electron chi connectivity index (χ1n) is 12.3. The molecular formula is C30H23Cl2N3O4S2. The Balaban J connectivity index is 1.32. The summed E-state index contributed by atoms with van der Waals surface area (Å²) in [5.74, 6) is 0.451. The van der Waals surface area contributed by atoms with Gasteiger partial charge in [-0.3, -0.25) is 9.52 Å². The van der Waals surface area contributed by atoms with Crippen molar-refractivity contribution in [3.05, 3.63) is 124 Å². The van der Waals surface area contributed by atoms with E-state index in [0.29, 0.717) is 27.2 Å². The number of ether oxygens (including phenoxy) is 1. The number of rotatable bonds is 9. The van der Waals surface area contributed by atoms with Gasteiger partial charge in [0.1, 0.15) is 16.5 Å². The maximum absolute atomic E-state index is 13.4. The average Bonchev–Trinajstić information content (AvgIpc) is 3.44. The molecule has 11 heteroatoms. The van der Waals surface area contributed by atoms with E-state index in [1.165, 1.54) is 58.7 Å². The predicted octanol–water partition coefficient (Wildman–Crippen LogP) is 7.98. The third kappa shape index (κ3) is 6.89. The van der Waals surface area contributed by atoms with Crippen molar-refractivity contribution in [1.82, 2.24) is 9.88 Å². The van der Waals surface area contributed by atoms with Crippen molar-refractivity contribution in [3.63, 3.8) is 0 Å². The Labute approximate surface area is 252 Å². The molecule has 41 heavy (non-hydrogen) atoms. The molecule has 0 bridgehead atoms. The summed E-state index contributed by atoms with van der Waals surface area (Å²) in [7, 11) is -2.42. The normalized spacial score (nSPS) is 11.2. The van der Waals surface area contributed by atoms with E-state index in [4.69, 9.17) is 27.9 Å². The summed E-state index contributed by atoms with van der Waals surface area (Å²) >= 11 is 13.8. The van der Waals surface area contributed by atoms with Gasteiger partial charge in [-0.25, -0.2) is 13.4 Å². The molecule has 1 heterocycles. The largest absolute Gasteiger partial charge is 0.456 e. The van der Waals surface area contributed by atoms with Crippen molar-refractivity contribution in [2.45, 2.75) is 11.4 Å². The van der Waals surface area contributed by atoms with Gasteiger partial charge in [0.25, 0.3) is 15.9 Å². The average molecular weight is 625 g/mol. The molecule has 1 aromatic heterocycles. The van der Waals surface area contributed by atoms with E-state index in [2.05, 4.69) is 9.71 Å². The van der Waals surface area contributed by atoms with Gasteiger partial charge in [-0.05, 0) is 54.6 Å². The van der Waals surface area contributed by atoms with E-state index in [1.807, 2.05) is 35.7 Å². The second-order valence-electron chi connectivity index (χ2n) is 8.97. The fourth-order valence-electron chi connectivity index (χ4n) is 3.94. The van der Waals surface area contributed by atoms with Gasteiger partial charge in [-0.2, -0.15) is 0 Å². The molecule has 208 valence electrons. The van der Waals surface area contributed by atoms with Crippen molar-refractivity contribution in [2.24, 2.45) is 0 Å². The second-order valence-corrected chi connectivity index (χ2v) is 12.4. The molecular weight excluding hydrogens is 601 g/mol. The van der Waals surface area contributed by atoms with Gasteiger partial charge in [0, 0.05) is 23.0 Å². The number of nitrogens with zero attached hydrogens (tertiary/aromatic N) is 2. The Bertz CT molecular complexity index is 1790. The van der Waals surface area contributed by atoms with Crippen molar-refractivity contribution in [3.8, 4) is 22.1 Å². The summed E-state index contributed by atoms with van der Waals surface area (Å²) in [5.41, 5.74) is 1.92. The minimum atomic E-state index is -4.05. The molecule has 0 aliphatic carbocycles. The van der Waals surface area contributed by atoms with Gasteiger partial charge in [0.05, 0.1) is 33.4 Å². The molecule has 0 saturated heterocycles. The van der Waals surface area contributed by atoms with E-state index < -0.39 is 15.9 Å². The molecule has 0 atom stereocenters. The minimum absolute atomic E-state index is 0.0124. The first-order chi connectivity index (χ1) is 19.7. The van der Waals surface area contributed by atoms with Crippen LogP contribution in [-0.2, 0) is 16.6 Å². The zero-order chi connectivity index (χ0) is 29.0. The van der Waals surface area contributed by atoms with Crippen LogP contribution in [0.5, 0.6) is 11.5 Å². The fraction of sp³-hybridized carbons (Fsp3) is 0.0667. The van der Waals surface area contributed by atoms with Gasteiger partial charge in [-0.1, -0.05) is 65.7 Å². The number of aromatic nitrogens is 1. The van der Waals surface area contributed by atoms with Crippen LogP contribution in [0.2, 0.25) is 10.0 Å². The summed E-state index contributed by atoms with van der Waals surface area (Å²) in [6.45, 7) is 0.230. The molecule has 5 rings (SSSR count). The molecule has 0 unspecified atom stereocenters. The SMILES string of the molecule is CN(Cc1csc(-c2ccccc2)n1)C(=O)c1cc(Cl)ccc1NS(=O)(=O)c1ccc(Oc2ccccc2Cl)cc1. The van der Waals surface area contributed by atoms with E-state index >= 15 is 0 Å². The van der Waals surface area contributed by atoms with Gasteiger partial charge in [-0.15, -0.1) is 11.3 Å². The molecule has 0 radical (unpaired) electrons. The highest BCUT2D eigenvalue weighted by molar-refractivity contribution is 7.92. The van der Waals surface area contributed by atoms with Crippen LogP contribution >= 0.6 is 34.5 Å². The topological polar surface area (TPSA) is 88.6 Å². The summed E-state index contributed by atoms with van der Waals surface area (Å²) < 4.78 is 34.8. The van der Waals surface area contributed by atoms with Crippen LogP contribution < -0.4 is 9.46 Å². The van der Waals surface area contributed by atoms with Crippen LogP contribution in [0.4, 0.5) is 5.69 Å². The third-order valence-electron chi connectivity index (χ3n) is 5.97. The number of hydrogen-bond acceptors (Lipinski definition) is 6. The fourth-order valence-corrected chi connectivity index (χ4v) is 6.18. The standard InChI is InChI=1S/C30H23Cl2N3O4S2/c1-35(18-22-19-40-29(33-22)20-7-3-2-4-8-20)30(36)25-17-21(31)11-16-27(25)34-41(37,38)24-14-12-23(13-15-24)39-28-10-6-5-9-26(28)32/h2-17,19,34H,18H2,1H3. The van der Waals surface area contributed by atoms with Crippen molar-refractivity contribution >= 4 is 56.2 Å². The van der Waals surface area contributed by atoms with Crippen LogP contribution in [-0.4, -0.2) is 31.3 Å². The highest BCUT2D eigenvalue weighted by atomic mass is 35.5. The van der Waals surface area contributed by atoms with Crippen molar-refractivity contribution < 1.29 is 17.9 Å². The van der Waals surface area contributed by atoms with Gasteiger partial charge in [0.15, 0.2) is 0 Å². The molecule has 5 aromatic rings. The van der Waals surface area contributed by atoms with Gasteiger partial charge >= 0.3 is 0 Å². The highest BCUT2D eigenvalue weighted by Gasteiger charge is 2.22. The Hall–Kier alpha value is -3.89. The van der Waals surface area contributed by atoms with E-state index in [-0.39, 0.29) is 22.7 Å². The van der Waals surface area contributed by atoms with Crippen LogP contribution in [0.1, 0.15) is 16.1 Å². The molecule has 0 aliphatic rings. The number of carbonyl (C=O) groups excluding carboxylic acids is 1. The van der Waals surface area contributed by atoms with E-state index in [1.54, 1.807) is 31.3 Å². The highest BCUT2D eigenvalue weighted by Crippen LogP contribution is 2.31. The van der Waals surface area contributed by atoms with Crippen molar-refractivity contribution in [2.75, 3.05) is 11.8 Å². The smallest absolute Gasteiger partial charge is 0.261 e. The summed E-state index contributed by atoms with van der Waals surface area (Å²) in [5, 5.41) is 3.47. The van der Waals surface area contributed by atoms with Gasteiger partial charge < -0.3 is 9.64 Å². The molecule has 0 spiro atoms. The zero-order valence-corrected chi connectivity index (χ0v) is 24.8. The Morgan fingerprint density at radius 2 is 1.66 bits per heavy atom. The van der Waals surface area contributed by atoms with Crippen LogP contribution in [0.15, 0.2) is 107 Å². The number of amides is 1. The zero-order valence-electron chi connectivity index (χ0n) is 21.6. The lowest BCUT2D eigenvalue weighted by Gasteiger charge is -2.19. The third-order valence-corrected chi connectivity index (χ3v) is 8.84. The minimum Gasteiger partial charge on any atom is -0.456 e. The molecule has 1 N–H and O–H groups in total. The lowest BCUT2D eigenvalue weighted by molar-refractivity contribution is 0.0784. The number of nitrogens with one attached hydrogen (secondary N) is 1. The quantitative estimate of drug-likeness (QED) is 0.180. The molecule has 0 aliphatic heterocycles. The van der Waals surface area contributed by atoms with Gasteiger partial charge in [0.2, 0.25) is 0 Å². The van der Waals surface area contributed by atoms with Crippen LogP contribution in [0, 0.1) is 0 Å². The summed E-state index contributed by atoms with van der Waals surface area (Å²) in [6, 6.07) is 27.0.